The summed E-state index contributed by atoms with van der Waals surface area (Å²) in [6.07, 6.45) is 3.74. The molecule has 116 valence electrons. The molecule has 1 aromatic carbocycles. The van der Waals surface area contributed by atoms with Gasteiger partial charge in [-0.25, -0.2) is 0 Å². The van der Waals surface area contributed by atoms with Gasteiger partial charge in [0, 0.05) is 5.56 Å². The number of hydrogen-bond acceptors (Lipinski definition) is 4. The Morgan fingerprint density at radius 2 is 1.90 bits per heavy atom. The maximum absolute atomic E-state index is 11.5. The Hall–Kier alpha value is -1.55. The van der Waals surface area contributed by atoms with Gasteiger partial charge in [-0.05, 0) is 38.7 Å². The Balaban J connectivity index is 1.85. The fraction of sp³-hybridized carbons (Fsp3) is 0.588. The third kappa shape index (κ3) is 4.21. The molecule has 0 radical (unpaired) electrons. The van der Waals surface area contributed by atoms with Crippen molar-refractivity contribution in [3.63, 3.8) is 0 Å². The highest BCUT2D eigenvalue weighted by atomic mass is 16.5. The average Bonchev–Trinajstić information content (AvgIpc) is 2.52. The van der Waals surface area contributed by atoms with Crippen LogP contribution in [-0.4, -0.2) is 26.3 Å². The van der Waals surface area contributed by atoms with E-state index in [0.717, 1.165) is 37.0 Å². The number of aryl methyl sites for hydroxylation is 1. The molecule has 0 N–H and O–H groups in total. The van der Waals surface area contributed by atoms with Crippen LogP contribution in [-0.2, 0) is 20.9 Å². The highest BCUT2D eigenvalue weighted by Crippen LogP contribution is 2.29. The SMILES string of the molecule is COC(=O)C1CCC(OCc2cc(C)ccc2OC)CC1. The van der Waals surface area contributed by atoms with E-state index in [4.69, 9.17) is 14.2 Å². The lowest BCUT2D eigenvalue weighted by Gasteiger charge is -2.27. The van der Waals surface area contributed by atoms with E-state index in [1.165, 1.54) is 12.7 Å². The van der Waals surface area contributed by atoms with Gasteiger partial charge < -0.3 is 14.2 Å². The number of carbonyl (C=O) groups is 1. The molecule has 2 rings (SSSR count). The molecule has 0 aromatic heterocycles. The Labute approximate surface area is 126 Å². The second kappa shape index (κ2) is 7.46. The average molecular weight is 292 g/mol. The lowest BCUT2D eigenvalue weighted by molar-refractivity contribution is -0.147. The summed E-state index contributed by atoms with van der Waals surface area (Å²) in [5, 5.41) is 0. The standard InChI is InChI=1S/C17H24O4/c1-12-4-9-16(19-2)14(10-12)11-21-15-7-5-13(6-8-15)17(18)20-3/h4,9-10,13,15H,5-8,11H2,1-3H3. The van der Waals surface area contributed by atoms with Crippen molar-refractivity contribution in [2.24, 2.45) is 5.92 Å². The van der Waals surface area contributed by atoms with E-state index >= 15 is 0 Å². The van der Waals surface area contributed by atoms with Gasteiger partial charge in [-0.15, -0.1) is 0 Å². The van der Waals surface area contributed by atoms with Gasteiger partial charge in [-0.2, -0.15) is 0 Å². The molecule has 1 aromatic rings. The Morgan fingerprint density at radius 1 is 1.19 bits per heavy atom. The quantitative estimate of drug-likeness (QED) is 0.781. The predicted octanol–water partition coefficient (Wildman–Crippen LogP) is 3.25. The van der Waals surface area contributed by atoms with Gasteiger partial charge in [0.1, 0.15) is 5.75 Å². The van der Waals surface area contributed by atoms with Crippen LogP contribution in [0.15, 0.2) is 18.2 Å². The highest BCUT2D eigenvalue weighted by Gasteiger charge is 2.27. The second-order valence-corrected chi connectivity index (χ2v) is 5.62. The molecule has 0 aliphatic heterocycles. The number of esters is 1. The van der Waals surface area contributed by atoms with Crippen LogP contribution in [0, 0.1) is 12.8 Å². The Morgan fingerprint density at radius 3 is 2.52 bits per heavy atom. The van der Waals surface area contributed by atoms with Crippen LogP contribution in [0.1, 0.15) is 36.8 Å². The highest BCUT2D eigenvalue weighted by molar-refractivity contribution is 5.72. The van der Waals surface area contributed by atoms with Gasteiger partial charge in [0.15, 0.2) is 0 Å². The lowest BCUT2D eigenvalue weighted by atomic mass is 9.87. The van der Waals surface area contributed by atoms with Gasteiger partial charge in [-0.1, -0.05) is 17.7 Å². The molecule has 1 aliphatic carbocycles. The number of methoxy groups -OCH3 is 2. The van der Waals surface area contributed by atoms with Crippen LogP contribution < -0.4 is 4.74 Å². The fourth-order valence-corrected chi connectivity index (χ4v) is 2.86. The van der Waals surface area contributed by atoms with Crippen LogP contribution >= 0.6 is 0 Å². The molecule has 0 unspecified atom stereocenters. The van der Waals surface area contributed by atoms with E-state index < -0.39 is 0 Å². The zero-order valence-electron chi connectivity index (χ0n) is 13.1. The molecule has 0 saturated heterocycles. The summed E-state index contributed by atoms with van der Waals surface area (Å²) in [5.41, 5.74) is 2.27. The first kappa shape index (κ1) is 15.8. The number of benzene rings is 1. The van der Waals surface area contributed by atoms with Crippen LogP contribution in [0.4, 0.5) is 0 Å². The zero-order chi connectivity index (χ0) is 15.2. The van der Waals surface area contributed by atoms with E-state index in [2.05, 4.69) is 13.0 Å². The Kier molecular flexibility index (Phi) is 5.62. The minimum Gasteiger partial charge on any atom is -0.496 e. The minimum absolute atomic E-state index is 0.0448. The molecule has 0 heterocycles. The first-order valence-electron chi connectivity index (χ1n) is 7.47. The third-order valence-corrected chi connectivity index (χ3v) is 4.12. The van der Waals surface area contributed by atoms with Crippen molar-refractivity contribution in [1.29, 1.82) is 0 Å². The smallest absolute Gasteiger partial charge is 0.308 e. The molecule has 1 saturated carbocycles. The van der Waals surface area contributed by atoms with Crippen LogP contribution in [0.3, 0.4) is 0 Å². The fourth-order valence-electron chi connectivity index (χ4n) is 2.86. The molecule has 1 fully saturated rings. The molecule has 1 aliphatic rings. The molecule has 0 atom stereocenters. The van der Waals surface area contributed by atoms with Crippen LogP contribution in [0.25, 0.3) is 0 Å². The molecule has 0 spiro atoms. The van der Waals surface area contributed by atoms with Crippen molar-refractivity contribution in [3.8, 4) is 5.75 Å². The number of ether oxygens (including phenoxy) is 3. The van der Waals surface area contributed by atoms with E-state index in [1.54, 1.807) is 7.11 Å². The van der Waals surface area contributed by atoms with Gasteiger partial charge in [0.2, 0.25) is 0 Å². The van der Waals surface area contributed by atoms with E-state index in [0.29, 0.717) is 6.61 Å². The molecule has 4 nitrogen and oxygen atoms in total. The van der Waals surface area contributed by atoms with Crippen molar-refractivity contribution in [2.45, 2.75) is 45.3 Å². The molecule has 0 bridgehead atoms. The first-order chi connectivity index (χ1) is 10.1. The summed E-state index contributed by atoms with van der Waals surface area (Å²) in [7, 11) is 3.13. The first-order valence-corrected chi connectivity index (χ1v) is 7.47. The van der Waals surface area contributed by atoms with Crippen molar-refractivity contribution in [1.82, 2.24) is 0 Å². The van der Waals surface area contributed by atoms with Gasteiger partial charge in [-0.3, -0.25) is 4.79 Å². The zero-order valence-corrected chi connectivity index (χ0v) is 13.1. The maximum atomic E-state index is 11.5. The Bertz CT molecular complexity index is 476. The minimum atomic E-state index is -0.0891. The number of rotatable bonds is 5. The second-order valence-electron chi connectivity index (χ2n) is 5.62. The van der Waals surface area contributed by atoms with Crippen molar-refractivity contribution in [2.75, 3.05) is 14.2 Å². The van der Waals surface area contributed by atoms with Gasteiger partial charge >= 0.3 is 5.97 Å². The van der Waals surface area contributed by atoms with Crippen molar-refractivity contribution >= 4 is 5.97 Å². The predicted molar refractivity (Wildman–Crippen MR) is 80.3 cm³/mol. The van der Waals surface area contributed by atoms with E-state index in [-0.39, 0.29) is 18.0 Å². The van der Waals surface area contributed by atoms with E-state index in [9.17, 15) is 4.79 Å². The molecule has 21 heavy (non-hydrogen) atoms. The lowest BCUT2D eigenvalue weighted by Crippen LogP contribution is -2.26. The van der Waals surface area contributed by atoms with Crippen LogP contribution in [0.2, 0.25) is 0 Å². The summed E-state index contributed by atoms with van der Waals surface area (Å²) in [6.45, 7) is 2.61. The maximum Gasteiger partial charge on any atom is 0.308 e. The largest absolute Gasteiger partial charge is 0.496 e. The topological polar surface area (TPSA) is 44.8 Å². The van der Waals surface area contributed by atoms with Crippen molar-refractivity contribution < 1.29 is 19.0 Å². The molecular formula is C17H24O4. The molecular weight excluding hydrogens is 268 g/mol. The van der Waals surface area contributed by atoms with Crippen LogP contribution in [0.5, 0.6) is 5.75 Å². The third-order valence-electron chi connectivity index (χ3n) is 4.12. The summed E-state index contributed by atoms with van der Waals surface area (Å²) < 4.78 is 16.2. The summed E-state index contributed by atoms with van der Waals surface area (Å²) in [4.78, 5) is 11.5. The summed E-state index contributed by atoms with van der Waals surface area (Å²) >= 11 is 0. The summed E-state index contributed by atoms with van der Waals surface area (Å²) in [6, 6.07) is 6.10. The molecule has 0 amide bonds. The number of carbonyl (C=O) groups excluding carboxylic acids is 1. The van der Waals surface area contributed by atoms with Gasteiger partial charge in [0.05, 0.1) is 32.8 Å². The normalized spacial score (nSPS) is 21.9. The van der Waals surface area contributed by atoms with Crippen molar-refractivity contribution in [3.05, 3.63) is 29.3 Å². The molecule has 4 heteroatoms. The van der Waals surface area contributed by atoms with Gasteiger partial charge in [0.25, 0.3) is 0 Å². The van der Waals surface area contributed by atoms with E-state index in [1.807, 2.05) is 12.1 Å². The monoisotopic (exact) mass is 292 g/mol. The summed E-state index contributed by atoms with van der Waals surface area (Å²) in [5.74, 6) is 0.820. The number of hydrogen-bond donors (Lipinski definition) is 0.